The van der Waals surface area contributed by atoms with Gasteiger partial charge in [0.05, 0.1) is 17.0 Å². The standard InChI is InChI=1S/C25H27BrN2O3/c1-4-16-7-12-20-19(15-16)23(29)21-22(17-8-10-18(26)11-9-17)28(25(30)24(21)31-20)14-13-27(5-2)6-3/h7-12,15,22H,4-6,13-14H2,1-3H3. The molecule has 5 nitrogen and oxygen atoms in total. The number of amides is 1. The van der Waals surface area contributed by atoms with Crippen LogP contribution in [0.2, 0.25) is 0 Å². The minimum absolute atomic E-state index is 0.113. The normalized spacial score (nSPS) is 15.8. The van der Waals surface area contributed by atoms with Crippen LogP contribution in [0.3, 0.4) is 0 Å². The van der Waals surface area contributed by atoms with Crippen molar-refractivity contribution in [2.24, 2.45) is 0 Å². The summed E-state index contributed by atoms with van der Waals surface area (Å²) >= 11 is 3.48. The molecule has 0 N–H and O–H groups in total. The summed E-state index contributed by atoms with van der Waals surface area (Å²) in [5.74, 6) is -0.0390. The Morgan fingerprint density at radius 3 is 2.39 bits per heavy atom. The van der Waals surface area contributed by atoms with Crippen LogP contribution >= 0.6 is 15.9 Å². The van der Waals surface area contributed by atoms with Gasteiger partial charge < -0.3 is 14.2 Å². The fraction of sp³-hybridized carbons (Fsp3) is 0.360. The minimum Gasteiger partial charge on any atom is -0.450 e. The summed E-state index contributed by atoms with van der Waals surface area (Å²) in [5, 5.41) is 0.540. The average molecular weight is 483 g/mol. The molecule has 0 saturated carbocycles. The minimum atomic E-state index is -0.447. The molecule has 31 heavy (non-hydrogen) atoms. The first-order valence-electron chi connectivity index (χ1n) is 10.9. The van der Waals surface area contributed by atoms with Gasteiger partial charge in [-0.25, -0.2) is 0 Å². The molecule has 2 aromatic carbocycles. The third kappa shape index (κ3) is 3.94. The summed E-state index contributed by atoms with van der Waals surface area (Å²) in [5.41, 5.74) is 2.79. The molecule has 1 aliphatic rings. The molecule has 0 radical (unpaired) electrons. The number of rotatable bonds is 7. The second-order valence-electron chi connectivity index (χ2n) is 7.84. The number of hydrogen-bond acceptors (Lipinski definition) is 4. The molecule has 1 aliphatic heterocycles. The maximum absolute atomic E-state index is 13.6. The largest absolute Gasteiger partial charge is 0.450 e. The molecule has 3 aromatic rings. The van der Waals surface area contributed by atoms with Crippen LogP contribution in [0.1, 0.15) is 54.1 Å². The second kappa shape index (κ2) is 8.97. The zero-order valence-corrected chi connectivity index (χ0v) is 19.7. The Morgan fingerprint density at radius 2 is 1.74 bits per heavy atom. The SMILES string of the molecule is CCc1ccc2oc3c(c(=O)c2c1)C(c1ccc(Br)cc1)N(CCN(CC)CC)C3=O. The number of fused-ring (bicyclic) bond motifs is 2. The lowest BCUT2D eigenvalue weighted by Gasteiger charge is -2.28. The Balaban J connectivity index is 1.87. The van der Waals surface area contributed by atoms with E-state index in [1.165, 1.54) is 0 Å². The van der Waals surface area contributed by atoms with Crippen LogP contribution in [-0.2, 0) is 6.42 Å². The van der Waals surface area contributed by atoms with Gasteiger partial charge in [0.1, 0.15) is 5.58 Å². The van der Waals surface area contributed by atoms with E-state index in [2.05, 4.69) is 41.6 Å². The fourth-order valence-electron chi connectivity index (χ4n) is 4.30. The number of halogens is 1. The number of hydrogen-bond donors (Lipinski definition) is 0. The molecule has 0 saturated heterocycles. The number of carbonyl (C=O) groups is 1. The van der Waals surface area contributed by atoms with Crippen molar-refractivity contribution in [2.75, 3.05) is 26.2 Å². The van der Waals surface area contributed by atoms with Gasteiger partial charge in [0.2, 0.25) is 5.76 Å². The monoisotopic (exact) mass is 482 g/mol. The lowest BCUT2D eigenvalue weighted by Crippen LogP contribution is -2.37. The molecular formula is C25H27BrN2O3. The van der Waals surface area contributed by atoms with Crippen molar-refractivity contribution in [3.05, 3.63) is 79.6 Å². The van der Waals surface area contributed by atoms with E-state index in [-0.39, 0.29) is 17.1 Å². The summed E-state index contributed by atoms with van der Waals surface area (Å²) in [6, 6.07) is 13.0. The second-order valence-corrected chi connectivity index (χ2v) is 8.75. The lowest BCUT2D eigenvalue weighted by atomic mass is 9.98. The van der Waals surface area contributed by atoms with Crippen molar-refractivity contribution in [1.82, 2.24) is 9.80 Å². The molecule has 4 rings (SSSR count). The van der Waals surface area contributed by atoms with E-state index in [0.29, 0.717) is 23.1 Å². The van der Waals surface area contributed by atoms with Crippen LogP contribution < -0.4 is 5.43 Å². The van der Waals surface area contributed by atoms with Crippen LogP contribution in [0, 0.1) is 0 Å². The first kappa shape index (κ1) is 21.8. The van der Waals surface area contributed by atoms with Gasteiger partial charge in [0.25, 0.3) is 5.91 Å². The third-order valence-corrected chi connectivity index (χ3v) is 6.70. The Labute approximate surface area is 190 Å². The maximum Gasteiger partial charge on any atom is 0.290 e. The van der Waals surface area contributed by atoms with Crippen LogP contribution in [0.15, 0.2) is 56.1 Å². The van der Waals surface area contributed by atoms with Crippen molar-refractivity contribution < 1.29 is 9.21 Å². The van der Waals surface area contributed by atoms with Crippen molar-refractivity contribution in [2.45, 2.75) is 33.2 Å². The van der Waals surface area contributed by atoms with E-state index in [9.17, 15) is 9.59 Å². The highest BCUT2D eigenvalue weighted by Gasteiger charge is 2.42. The molecule has 1 amide bonds. The Hall–Kier alpha value is -2.44. The first-order valence-corrected chi connectivity index (χ1v) is 11.7. The van der Waals surface area contributed by atoms with Crippen LogP contribution in [0.5, 0.6) is 0 Å². The summed E-state index contributed by atoms with van der Waals surface area (Å²) in [6.07, 6.45) is 0.831. The summed E-state index contributed by atoms with van der Waals surface area (Å²) in [7, 11) is 0. The Kier molecular flexibility index (Phi) is 6.30. The van der Waals surface area contributed by atoms with E-state index in [0.717, 1.165) is 41.7 Å². The van der Waals surface area contributed by atoms with Gasteiger partial charge in [-0.05, 0) is 54.9 Å². The number of aryl methyl sites for hydroxylation is 1. The van der Waals surface area contributed by atoms with Gasteiger partial charge in [-0.1, -0.05) is 54.9 Å². The highest BCUT2D eigenvalue weighted by Crippen LogP contribution is 2.38. The fourth-order valence-corrected chi connectivity index (χ4v) is 4.56. The van der Waals surface area contributed by atoms with E-state index < -0.39 is 6.04 Å². The molecular weight excluding hydrogens is 456 g/mol. The van der Waals surface area contributed by atoms with Gasteiger partial charge in [-0.3, -0.25) is 9.59 Å². The van der Waals surface area contributed by atoms with Crippen LogP contribution in [-0.4, -0.2) is 41.9 Å². The first-order chi connectivity index (χ1) is 15.0. The lowest BCUT2D eigenvalue weighted by molar-refractivity contribution is 0.0708. The molecule has 162 valence electrons. The Morgan fingerprint density at radius 1 is 1.03 bits per heavy atom. The third-order valence-electron chi connectivity index (χ3n) is 6.18. The smallest absolute Gasteiger partial charge is 0.290 e. The van der Waals surface area contributed by atoms with Crippen molar-refractivity contribution in [3.8, 4) is 0 Å². The van der Waals surface area contributed by atoms with Crippen molar-refractivity contribution >= 4 is 32.8 Å². The average Bonchev–Trinajstić information content (AvgIpc) is 3.07. The molecule has 2 heterocycles. The van der Waals surface area contributed by atoms with E-state index >= 15 is 0 Å². The summed E-state index contributed by atoms with van der Waals surface area (Å²) < 4.78 is 7.00. The van der Waals surface area contributed by atoms with Gasteiger partial charge in [-0.15, -0.1) is 0 Å². The molecule has 0 aliphatic carbocycles. The molecule has 0 bridgehead atoms. The van der Waals surface area contributed by atoms with E-state index in [1.807, 2.05) is 36.4 Å². The predicted octanol–water partition coefficient (Wildman–Crippen LogP) is 5.00. The topological polar surface area (TPSA) is 53.8 Å². The number of likely N-dealkylation sites (N-methyl/N-ethyl adjacent to an activating group) is 1. The number of carbonyl (C=O) groups excluding carboxylic acids is 1. The van der Waals surface area contributed by atoms with Crippen molar-refractivity contribution in [3.63, 3.8) is 0 Å². The van der Waals surface area contributed by atoms with Gasteiger partial charge in [-0.2, -0.15) is 0 Å². The van der Waals surface area contributed by atoms with E-state index in [4.69, 9.17) is 4.42 Å². The molecule has 1 aromatic heterocycles. The highest BCUT2D eigenvalue weighted by molar-refractivity contribution is 9.10. The number of benzene rings is 2. The molecule has 0 fully saturated rings. The van der Waals surface area contributed by atoms with Gasteiger partial charge in [0, 0.05) is 17.6 Å². The van der Waals surface area contributed by atoms with Crippen molar-refractivity contribution in [1.29, 1.82) is 0 Å². The molecule has 0 spiro atoms. The van der Waals surface area contributed by atoms with Crippen LogP contribution in [0.25, 0.3) is 11.0 Å². The number of nitrogens with zero attached hydrogens (tertiary/aromatic N) is 2. The molecule has 1 unspecified atom stereocenters. The highest BCUT2D eigenvalue weighted by atomic mass is 79.9. The van der Waals surface area contributed by atoms with E-state index in [1.54, 1.807) is 11.0 Å². The summed E-state index contributed by atoms with van der Waals surface area (Å²) in [4.78, 5) is 31.1. The Bertz CT molecular complexity index is 1170. The van der Waals surface area contributed by atoms with Gasteiger partial charge in [0.15, 0.2) is 5.43 Å². The maximum atomic E-state index is 13.6. The zero-order chi connectivity index (χ0) is 22.1. The van der Waals surface area contributed by atoms with Crippen LogP contribution in [0.4, 0.5) is 0 Å². The summed E-state index contributed by atoms with van der Waals surface area (Å²) in [6.45, 7) is 9.37. The zero-order valence-electron chi connectivity index (χ0n) is 18.2. The van der Waals surface area contributed by atoms with Gasteiger partial charge >= 0.3 is 0 Å². The predicted molar refractivity (Wildman–Crippen MR) is 127 cm³/mol. The molecule has 1 atom stereocenters. The quantitative estimate of drug-likeness (QED) is 0.475. The molecule has 6 heteroatoms.